The Labute approximate surface area is 254 Å². The standard InChI is InChI=1S/C32H41N3O7S/c1-22-12-15-27(16-13-22)43(38,39)35(25-14-17-28(41-7)29(19-25)42-8)21-30(36)34(23(2)31(37)33-32(3,4)5)20-24-10-9-11-26(18-24)40-6/h9-19,23H,20-21H2,1-8H3,(H,33,37). The van der Waals surface area contributed by atoms with Gasteiger partial charge in [0, 0.05) is 18.2 Å². The molecular formula is C32H41N3O7S. The highest BCUT2D eigenvalue weighted by atomic mass is 32.2. The maximum atomic E-state index is 14.2. The highest BCUT2D eigenvalue weighted by Crippen LogP contribution is 2.34. The van der Waals surface area contributed by atoms with Crippen LogP contribution in [0.5, 0.6) is 17.2 Å². The van der Waals surface area contributed by atoms with Crippen LogP contribution in [0.15, 0.2) is 71.6 Å². The van der Waals surface area contributed by atoms with E-state index in [0.29, 0.717) is 22.8 Å². The fourth-order valence-corrected chi connectivity index (χ4v) is 5.78. The van der Waals surface area contributed by atoms with Gasteiger partial charge in [-0.15, -0.1) is 0 Å². The van der Waals surface area contributed by atoms with Crippen LogP contribution in [-0.4, -0.2) is 64.6 Å². The van der Waals surface area contributed by atoms with Crippen LogP contribution >= 0.6 is 0 Å². The molecule has 1 N–H and O–H groups in total. The first-order chi connectivity index (χ1) is 20.2. The van der Waals surface area contributed by atoms with Crippen LogP contribution < -0.4 is 23.8 Å². The van der Waals surface area contributed by atoms with Crippen molar-refractivity contribution in [3.05, 3.63) is 77.9 Å². The van der Waals surface area contributed by atoms with Gasteiger partial charge in [0.15, 0.2) is 11.5 Å². The molecule has 3 rings (SSSR count). The Morgan fingerprint density at radius 2 is 1.53 bits per heavy atom. The third kappa shape index (κ3) is 8.41. The van der Waals surface area contributed by atoms with E-state index in [4.69, 9.17) is 14.2 Å². The second-order valence-corrected chi connectivity index (χ2v) is 13.0. The minimum absolute atomic E-state index is 0.0126. The molecule has 2 amide bonds. The second-order valence-electron chi connectivity index (χ2n) is 11.2. The lowest BCUT2D eigenvalue weighted by Crippen LogP contribution is -2.54. The third-order valence-electron chi connectivity index (χ3n) is 6.70. The minimum Gasteiger partial charge on any atom is -0.497 e. The molecular weight excluding hydrogens is 570 g/mol. The van der Waals surface area contributed by atoms with E-state index in [1.807, 2.05) is 33.8 Å². The number of amides is 2. The van der Waals surface area contributed by atoms with E-state index in [-0.39, 0.29) is 23.0 Å². The van der Waals surface area contributed by atoms with Crippen LogP contribution in [0.25, 0.3) is 0 Å². The van der Waals surface area contributed by atoms with E-state index in [1.165, 1.54) is 37.3 Å². The summed E-state index contributed by atoms with van der Waals surface area (Å²) in [6, 6.07) is 17.2. The van der Waals surface area contributed by atoms with Crippen molar-refractivity contribution >= 4 is 27.5 Å². The van der Waals surface area contributed by atoms with Gasteiger partial charge >= 0.3 is 0 Å². The average Bonchev–Trinajstić information content (AvgIpc) is 2.97. The summed E-state index contributed by atoms with van der Waals surface area (Å²) in [4.78, 5) is 28.8. The number of hydrogen-bond acceptors (Lipinski definition) is 7. The number of nitrogens with zero attached hydrogens (tertiary/aromatic N) is 2. The summed E-state index contributed by atoms with van der Waals surface area (Å²) in [6.07, 6.45) is 0. The van der Waals surface area contributed by atoms with Crippen molar-refractivity contribution in [2.24, 2.45) is 0 Å². The zero-order valence-electron chi connectivity index (χ0n) is 26.0. The second kappa shape index (κ2) is 13.8. The first kappa shape index (κ1) is 33.3. The molecule has 3 aromatic carbocycles. The van der Waals surface area contributed by atoms with Crippen molar-refractivity contribution in [1.82, 2.24) is 10.2 Å². The van der Waals surface area contributed by atoms with Crippen molar-refractivity contribution in [2.45, 2.75) is 57.6 Å². The van der Waals surface area contributed by atoms with Gasteiger partial charge in [-0.05, 0) is 76.6 Å². The van der Waals surface area contributed by atoms with Crippen LogP contribution in [0.4, 0.5) is 5.69 Å². The van der Waals surface area contributed by atoms with Crippen molar-refractivity contribution in [1.29, 1.82) is 0 Å². The SMILES string of the molecule is COc1cccc(CN(C(=O)CN(c2ccc(OC)c(OC)c2)S(=O)(=O)c2ccc(C)cc2)C(C)C(=O)NC(C)(C)C)c1. The normalized spacial score (nSPS) is 12.2. The summed E-state index contributed by atoms with van der Waals surface area (Å²) in [6.45, 7) is 8.47. The number of rotatable bonds is 12. The first-order valence-electron chi connectivity index (χ1n) is 13.8. The van der Waals surface area contributed by atoms with Crippen molar-refractivity contribution < 1.29 is 32.2 Å². The highest BCUT2D eigenvalue weighted by Gasteiger charge is 2.33. The quantitative estimate of drug-likeness (QED) is 0.320. The van der Waals surface area contributed by atoms with E-state index in [2.05, 4.69) is 5.32 Å². The Morgan fingerprint density at radius 3 is 2.12 bits per heavy atom. The molecule has 0 heterocycles. The molecule has 0 aliphatic heterocycles. The molecule has 0 fully saturated rings. The predicted molar refractivity (Wildman–Crippen MR) is 166 cm³/mol. The molecule has 0 saturated heterocycles. The molecule has 0 aromatic heterocycles. The largest absolute Gasteiger partial charge is 0.497 e. The van der Waals surface area contributed by atoms with E-state index in [1.54, 1.807) is 56.5 Å². The molecule has 232 valence electrons. The molecule has 3 aromatic rings. The molecule has 0 aliphatic carbocycles. The number of ether oxygens (including phenoxy) is 3. The van der Waals surface area contributed by atoms with Gasteiger partial charge in [0.1, 0.15) is 18.3 Å². The van der Waals surface area contributed by atoms with E-state index in [0.717, 1.165) is 9.87 Å². The maximum absolute atomic E-state index is 14.2. The van der Waals surface area contributed by atoms with Crippen molar-refractivity contribution in [3.8, 4) is 17.2 Å². The Kier molecular flexibility index (Phi) is 10.7. The molecule has 11 heteroatoms. The van der Waals surface area contributed by atoms with Gasteiger partial charge in [-0.25, -0.2) is 8.42 Å². The number of nitrogens with one attached hydrogen (secondary N) is 1. The smallest absolute Gasteiger partial charge is 0.264 e. The van der Waals surface area contributed by atoms with Crippen LogP contribution in [-0.2, 0) is 26.2 Å². The summed E-state index contributed by atoms with van der Waals surface area (Å²) in [5.74, 6) is 0.332. The predicted octanol–water partition coefficient (Wildman–Crippen LogP) is 4.55. The van der Waals surface area contributed by atoms with E-state index >= 15 is 0 Å². The Morgan fingerprint density at radius 1 is 0.884 bits per heavy atom. The number of carbonyl (C=O) groups excluding carboxylic acids is 2. The van der Waals surface area contributed by atoms with Crippen LogP contribution in [0.2, 0.25) is 0 Å². The molecule has 1 atom stereocenters. The summed E-state index contributed by atoms with van der Waals surface area (Å²) < 4.78 is 45.3. The fraction of sp³-hybridized carbons (Fsp3) is 0.375. The monoisotopic (exact) mass is 611 g/mol. The van der Waals surface area contributed by atoms with Crippen LogP contribution in [0, 0.1) is 6.92 Å². The van der Waals surface area contributed by atoms with Gasteiger partial charge in [-0.2, -0.15) is 0 Å². The van der Waals surface area contributed by atoms with Gasteiger partial charge in [0.25, 0.3) is 10.0 Å². The molecule has 43 heavy (non-hydrogen) atoms. The lowest BCUT2D eigenvalue weighted by atomic mass is 10.1. The highest BCUT2D eigenvalue weighted by molar-refractivity contribution is 7.92. The maximum Gasteiger partial charge on any atom is 0.264 e. The molecule has 0 radical (unpaired) electrons. The van der Waals surface area contributed by atoms with E-state index in [9.17, 15) is 18.0 Å². The number of hydrogen-bond donors (Lipinski definition) is 1. The zero-order chi connectivity index (χ0) is 31.9. The number of anilines is 1. The molecule has 0 aliphatic rings. The molecule has 0 spiro atoms. The van der Waals surface area contributed by atoms with Gasteiger partial charge in [0.05, 0.1) is 31.9 Å². The Balaban J connectivity index is 2.11. The molecule has 0 bridgehead atoms. The summed E-state index contributed by atoms with van der Waals surface area (Å²) in [5, 5.41) is 2.92. The van der Waals surface area contributed by atoms with Crippen LogP contribution in [0.3, 0.4) is 0 Å². The van der Waals surface area contributed by atoms with Crippen molar-refractivity contribution in [3.63, 3.8) is 0 Å². The number of carbonyl (C=O) groups is 2. The van der Waals surface area contributed by atoms with Gasteiger partial charge in [-0.1, -0.05) is 29.8 Å². The topological polar surface area (TPSA) is 114 Å². The number of sulfonamides is 1. The molecule has 1 unspecified atom stereocenters. The van der Waals surface area contributed by atoms with Gasteiger partial charge in [0.2, 0.25) is 11.8 Å². The molecule has 10 nitrogen and oxygen atoms in total. The number of benzene rings is 3. The van der Waals surface area contributed by atoms with E-state index < -0.39 is 34.1 Å². The van der Waals surface area contributed by atoms with Gasteiger partial charge in [-0.3, -0.25) is 13.9 Å². The fourth-order valence-electron chi connectivity index (χ4n) is 4.37. The summed E-state index contributed by atoms with van der Waals surface area (Å²) >= 11 is 0. The zero-order valence-corrected chi connectivity index (χ0v) is 26.8. The third-order valence-corrected chi connectivity index (χ3v) is 8.48. The van der Waals surface area contributed by atoms with Gasteiger partial charge < -0.3 is 24.4 Å². The summed E-state index contributed by atoms with van der Waals surface area (Å²) in [7, 11) is 0.223. The Bertz CT molecular complexity index is 1530. The Hall–Kier alpha value is -4.25. The van der Waals surface area contributed by atoms with Crippen molar-refractivity contribution in [2.75, 3.05) is 32.2 Å². The average molecular weight is 612 g/mol. The minimum atomic E-state index is -4.23. The number of aryl methyl sites for hydroxylation is 1. The first-order valence-corrected chi connectivity index (χ1v) is 15.2. The summed E-state index contributed by atoms with van der Waals surface area (Å²) in [5.41, 5.74) is 1.24. The lowest BCUT2D eigenvalue weighted by Gasteiger charge is -2.33. The lowest BCUT2D eigenvalue weighted by molar-refractivity contribution is -0.140. The number of methoxy groups -OCH3 is 3. The molecule has 0 saturated carbocycles. The van der Waals surface area contributed by atoms with Crippen LogP contribution in [0.1, 0.15) is 38.8 Å².